The van der Waals surface area contributed by atoms with Crippen molar-refractivity contribution >= 4 is 21.7 Å². The molecule has 21 heavy (non-hydrogen) atoms. The molecule has 102 valence electrons. The Morgan fingerprint density at radius 2 is 1.67 bits per heavy atom. The number of phenolic OH excluding ortho intramolecular Hbond substituents is 1. The van der Waals surface area contributed by atoms with E-state index in [1.807, 2.05) is 60.0 Å². The smallest absolute Gasteiger partial charge is 0.150 e. The average Bonchev–Trinajstić information content (AvgIpc) is 3.09. The fourth-order valence-corrected chi connectivity index (χ4v) is 3.32. The number of hydrogen-bond donors (Lipinski definition) is 1. The number of fused-ring (bicyclic) bond motifs is 1. The molecule has 0 fully saturated rings. The Bertz CT molecular complexity index is 909. The van der Waals surface area contributed by atoms with Crippen LogP contribution < -0.4 is 0 Å². The molecule has 0 atom stereocenters. The summed E-state index contributed by atoms with van der Waals surface area (Å²) in [6.07, 6.45) is 0. The van der Waals surface area contributed by atoms with Crippen LogP contribution in [-0.4, -0.2) is 14.7 Å². The molecule has 0 radical (unpaired) electrons. The van der Waals surface area contributed by atoms with Gasteiger partial charge in [0.25, 0.3) is 0 Å². The number of para-hydroxylation sites is 2. The van der Waals surface area contributed by atoms with Gasteiger partial charge in [-0.15, -0.1) is 11.3 Å². The van der Waals surface area contributed by atoms with Crippen molar-refractivity contribution in [2.24, 2.45) is 0 Å². The van der Waals surface area contributed by atoms with Crippen molar-refractivity contribution in [3.63, 3.8) is 0 Å². The molecule has 0 saturated heterocycles. The minimum atomic E-state index is 0.243. The van der Waals surface area contributed by atoms with Gasteiger partial charge in [-0.3, -0.25) is 4.57 Å². The second-order valence-electron chi connectivity index (χ2n) is 4.73. The van der Waals surface area contributed by atoms with Crippen molar-refractivity contribution in [3.8, 4) is 22.8 Å². The lowest BCUT2D eigenvalue weighted by atomic mass is 10.2. The van der Waals surface area contributed by atoms with Gasteiger partial charge in [0.15, 0.2) is 0 Å². The molecule has 4 heteroatoms. The number of aromatic hydroxyl groups is 1. The maximum atomic E-state index is 10.1. The highest BCUT2D eigenvalue weighted by atomic mass is 32.1. The number of benzene rings is 2. The average molecular weight is 292 g/mol. The zero-order valence-electron chi connectivity index (χ0n) is 11.1. The molecule has 0 aliphatic heterocycles. The Kier molecular flexibility index (Phi) is 2.75. The third kappa shape index (κ3) is 1.92. The van der Waals surface area contributed by atoms with Crippen molar-refractivity contribution < 1.29 is 5.11 Å². The van der Waals surface area contributed by atoms with Gasteiger partial charge < -0.3 is 5.11 Å². The number of rotatable bonds is 2. The van der Waals surface area contributed by atoms with Gasteiger partial charge in [0.1, 0.15) is 21.9 Å². The topological polar surface area (TPSA) is 38.1 Å². The number of aromatic nitrogens is 2. The van der Waals surface area contributed by atoms with Crippen molar-refractivity contribution in [1.29, 1.82) is 0 Å². The van der Waals surface area contributed by atoms with E-state index >= 15 is 0 Å². The molecule has 0 amide bonds. The van der Waals surface area contributed by atoms with E-state index in [1.54, 1.807) is 17.4 Å². The molecule has 0 aliphatic carbocycles. The monoisotopic (exact) mass is 292 g/mol. The summed E-state index contributed by atoms with van der Waals surface area (Å²) in [4.78, 5) is 5.78. The van der Waals surface area contributed by atoms with Crippen LogP contribution in [0.5, 0.6) is 5.75 Å². The molecule has 0 saturated carbocycles. The molecule has 2 heterocycles. The van der Waals surface area contributed by atoms with Gasteiger partial charge in [-0.2, -0.15) is 0 Å². The maximum Gasteiger partial charge on any atom is 0.150 e. The molecule has 2 aromatic carbocycles. The standard InChI is InChI=1S/C17H12N2OS/c20-15-9-5-4-8-13(15)16-18-14-10-11-21-17(14)19(16)12-6-2-1-3-7-12/h1-11,20H. The molecular formula is C17H12N2OS. The Morgan fingerprint density at radius 3 is 2.48 bits per heavy atom. The molecule has 0 unspecified atom stereocenters. The predicted molar refractivity (Wildman–Crippen MR) is 86.0 cm³/mol. The number of nitrogens with zero attached hydrogens (tertiary/aromatic N) is 2. The lowest BCUT2D eigenvalue weighted by molar-refractivity contribution is 0.477. The van der Waals surface area contributed by atoms with E-state index in [2.05, 4.69) is 4.57 Å². The lowest BCUT2D eigenvalue weighted by Gasteiger charge is -2.09. The second-order valence-corrected chi connectivity index (χ2v) is 5.63. The first-order valence-electron chi connectivity index (χ1n) is 6.64. The molecular weight excluding hydrogens is 280 g/mol. The Labute approximate surface area is 125 Å². The molecule has 0 spiro atoms. The summed E-state index contributed by atoms with van der Waals surface area (Å²) in [7, 11) is 0. The van der Waals surface area contributed by atoms with Crippen LogP contribution in [-0.2, 0) is 0 Å². The molecule has 4 aromatic rings. The zero-order valence-corrected chi connectivity index (χ0v) is 11.9. The first kappa shape index (κ1) is 12.2. The van der Waals surface area contributed by atoms with Crippen molar-refractivity contribution in [3.05, 3.63) is 66.0 Å². The number of hydrogen-bond acceptors (Lipinski definition) is 3. The SMILES string of the molecule is Oc1ccccc1-c1nc2ccsc2n1-c1ccccc1. The summed E-state index contributed by atoms with van der Waals surface area (Å²) in [5.41, 5.74) is 2.73. The highest BCUT2D eigenvalue weighted by Gasteiger charge is 2.17. The third-order valence-corrected chi connectivity index (χ3v) is 4.31. The van der Waals surface area contributed by atoms with Gasteiger partial charge >= 0.3 is 0 Å². The van der Waals surface area contributed by atoms with Crippen molar-refractivity contribution in [2.45, 2.75) is 0 Å². The second kappa shape index (κ2) is 4.75. The van der Waals surface area contributed by atoms with Crippen LogP contribution in [0.4, 0.5) is 0 Å². The van der Waals surface area contributed by atoms with Gasteiger partial charge in [-0.25, -0.2) is 4.98 Å². The van der Waals surface area contributed by atoms with Crippen LogP contribution in [0.2, 0.25) is 0 Å². The fourth-order valence-electron chi connectivity index (χ4n) is 2.47. The molecule has 4 rings (SSSR count). The Hall–Kier alpha value is -2.59. The number of phenols is 1. The third-order valence-electron chi connectivity index (χ3n) is 3.43. The summed E-state index contributed by atoms with van der Waals surface area (Å²) in [5.74, 6) is 1.01. The van der Waals surface area contributed by atoms with E-state index in [-0.39, 0.29) is 5.75 Å². The van der Waals surface area contributed by atoms with E-state index in [0.29, 0.717) is 0 Å². The van der Waals surface area contributed by atoms with Gasteiger partial charge in [0.05, 0.1) is 5.56 Å². The van der Waals surface area contributed by atoms with E-state index < -0.39 is 0 Å². The van der Waals surface area contributed by atoms with Crippen LogP contribution in [0.25, 0.3) is 27.4 Å². The first-order valence-corrected chi connectivity index (χ1v) is 7.52. The minimum absolute atomic E-state index is 0.243. The van der Waals surface area contributed by atoms with Crippen LogP contribution >= 0.6 is 11.3 Å². The molecule has 0 bridgehead atoms. The van der Waals surface area contributed by atoms with E-state index in [0.717, 1.165) is 27.4 Å². The van der Waals surface area contributed by atoms with Crippen molar-refractivity contribution in [2.75, 3.05) is 0 Å². The molecule has 0 aliphatic rings. The normalized spacial score (nSPS) is 11.0. The number of imidazole rings is 1. The summed E-state index contributed by atoms with van der Waals surface area (Å²) < 4.78 is 2.09. The van der Waals surface area contributed by atoms with Crippen LogP contribution in [0, 0.1) is 0 Å². The largest absolute Gasteiger partial charge is 0.507 e. The first-order chi connectivity index (χ1) is 10.3. The summed E-state index contributed by atoms with van der Waals surface area (Å²) >= 11 is 1.65. The predicted octanol–water partition coefficient (Wildman–Crippen LogP) is 4.46. The summed E-state index contributed by atoms with van der Waals surface area (Å²) in [6.45, 7) is 0. The molecule has 2 aromatic heterocycles. The van der Waals surface area contributed by atoms with Gasteiger partial charge in [0, 0.05) is 5.69 Å². The van der Waals surface area contributed by atoms with Gasteiger partial charge in [-0.1, -0.05) is 30.3 Å². The summed E-state index contributed by atoms with van der Waals surface area (Å²) in [5, 5.41) is 12.2. The van der Waals surface area contributed by atoms with E-state index in [9.17, 15) is 5.11 Å². The highest BCUT2D eigenvalue weighted by molar-refractivity contribution is 7.16. The molecule has 1 N–H and O–H groups in total. The van der Waals surface area contributed by atoms with E-state index in [1.165, 1.54) is 0 Å². The highest BCUT2D eigenvalue weighted by Crippen LogP contribution is 2.35. The van der Waals surface area contributed by atoms with Crippen LogP contribution in [0.3, 0.4) is 0 Å². The maximum absolute atomic E-state index is 10.1. The fraction of sp³-hybridized carbons (Fsp3) is 0. The van der Waals surface area contributed by atoms with Gasteiger partial charge in [0.2, 0.25) is 0 Å². The van der Waals surface area contributed by atoms with Crippen LogP contribution in [0.1, 0.15) is 0 Å². The Balaban J connectivity index is 2.06. The molecule has 3 nitrogen and oxygen atoms in total. The number of thiophene rings is 1. The minimum Gasteiger partial charge on any atom is -0.507 e. The quantitative estimate of drug-likeness (QED) is 0.592. The lowest BCUT2D eigenvalue weighted by Crippen LogP contribution is -1.96. The van der Waals surface area contributed by atoms with Crippen molar-refractivity contribution in [1.82, 2.24) is 9.55 Å². The van der Waals surface area contributed by atoms with Gasteiger partial charge in [-0.05, 0) is 35.7 Å². The van der Waals surface area contributed by atoms with E-state index in [4.69, 9.17) is 4.98 Å². The zero-order chi connectivity index (χ0) is 14.2. The van der Waals surface area contributed by atoms with Crippen LogP contribution in [0.15, 0.2) is 66.0 Å². The summed E-state index contributed by atoms with van der Waals surface area (Å²) in [6, 6.07) is 19.4. The Morgan fingerprint density at radius 1 is 0.905 bits per heavy atom.